The first-order chi connectivity index (χ1) is 9.98. The molecule has 0 N–H and O–H groups in total. The van der Waals surface area contributed by atoms with Crippen LogP contribution in [0.4, 0.5) is 0 Å². The highest BCUT2D eigenvalue weighted by Gasteiger charge is 2.28. The Morgan fingerprint density at radius 1 is 1.48 bits per heavy atom. The van der Waals surface area contributed by atoms with Crippen LogP contribution < -0.4 is 0 Å². The van der Waals surface area contributed by atoms with Gasteiger partial charge in [-0.05, 0) is 30.5 Å². The van der Waals surface area contributed by atoms with Crippen molar-refractivity contribution in [2.45, 2.75) is 11.3 Å². The van der Waals surface area contributed by atoms with Gasteiger partial charge in [-0.15, -0.1) is 11.3 Å². The lowest BCUT2D eigenvalue weighted by atomic mass is 10.1. The van der Waals surface area contributed by atoms with E-state index < -0.39 is 10.0 Å². The van der Waals surface area contributed by atoms with Crippen LogP contribution in [0.1, 0.15) is 6.42 Å². The van der Waals surface area contributed by atoms with Crippen molar-refractivity contribution in [1.29, 1.82) is 0 Å². The fraction of sp³-hybridized carbons (Fsp3) is 0.429. The number of halogens is 1. The van der Waals surface area contributed by atoms with Crippen molar-refractivity contribution in [3.05, 3.63) is 28.6 Å². The van der Waals surface area contributed by atoms with Gasteiger partial charge in [0.05, 0.1) is 6.61 Å². The summed E-state index contributed by atoms with van der Waals surface area (Å²) in [4.78, 5) is 0.339. The number of hydrogen-bond donors (Lipinski definition) is 0. The summed E-state index contributed by atoms with van der Waals surface area (Å²) in [6.07, 6.45) is 0.913. The Balaban J connectivity index is 1.93. The maximum Gasteiger partial charge on any atom is 0.244 e. The van der Waals surface area contributed by atoms with Crippen molar-refractivity contribution < 1.29 is 13.2 Å². The molecule has 2 aromatic rings. The molecule has 0 radical (unpaired) electrons. The van der Waals surface area contributed by atoms with Crippen molar-refractivity contribution >= 4 is 43.0 Å². The van der Waals surface area contributed by atoms with Gasteiger partial charge >= 0.3 is 0 Å². The van der Waals surface area contributed by atoms with Gasteiger partial charge in [0.25, 0.3) is 0 Å². The van der Waals surface area contributed by atoms with E-state index in [0.29, 0.717) is 28.5 Å². The van der Waals surface area contributed by atoms with Crippen LogP contribution in [0.3, 0.4) is 0 Å². The lowest BCUT2D eigenvalue weighted by molar-refractivity contribution is 0.182. The van der Waals surface area contributed by atoms with E-state index in [1.165, 1.54) is 15.6 Å². The van der Waals surface area contributed by atoms with E-state index in [2.05, 4.69) is 0 Å². The summed E-state index contributed by atoms with van der Waals surface area (Å²) in [6, 6.07) is 5.34. The predicted octanol–water partition coefficient (Wildman–Crippen LogP) is 3.21. The minimum atomic E-state index is -3.50. The van der Waals surface area contributed by atoms with E-state index in [9.17, 15) is 8.42 Å². The SMILES string of the molecule is CN(C[C@H]1CCOC1)S(=O)(=O)c1csc2ccc(Cl)cc12. The summed E-state index contributed by atoms with van der Waals surface area (Å²) >= 11 is 7.41. The summed E-state index contributed by atoms with van der Waals surface area (Å²) < 4.78 is 33.2. The zero-order valence-electron chi connectivity index (χ0n) is 11.6. The zero-order chi connectivity index (χ0) is 15.0. The van der Waals surface area contributed by atoms with Gasteiger partial charge < -0.3 is 4.74 Å². The molecule has 4 nitrogen and oxygen atoms in total. The summed E-state index contributed by atoms with van der Waals surface area (Å²) in [5.74, 6) is 0.276. The Morgan fingerprint density at radius 2 is 2.29 bits per heavy atom. The first-order valence-corrected chi connectivity index (χ1v) is 9.39. The molecule has 1 aromatic carbocycles. The van der Waals surface area contributed by atoms with Crippen molar-refractivity contribution in [1.82, 2.24) is 4.31 Å². The van der Waals surface area contributed by atoms with Gasteiger partial charge in [-0.2, -0.15) is 0 Å². The van der Waals surface area contributed by atoms with E-state index in [1.54, 1.807) is 24.6 Å². The molecule has 3 rings (SSSR count). The molecule has 21 heavy (non-hydrogen) atoms. The van der Waals surface area contributed by atoms with Gasteiger partial charge in [-0.3, -0.25) is 0 Å². The third-order valence-corrected chi connectivity index (χ3v) is 6.94. The number of hydrogen-bond acceptors (Lipinski definition) is 4. The molecular weight excluding hydrogens is 330 g/mol. The predicted molar refractivity (Wildman–Crippen MR) is 85.6 cm³/mol. The van der Waals surface area contributed by atoms with E-state index in [0.717, 1.165) is 17.7 Å². The highest BCUT2D eigenvalue weighted by atomic mass is 35.5. The summed E-state index contributed by atoms with van der Waals surface area (Å²) in [5, 5.41) is 2.93. The number of sulfonamides is 1. The lowest BCUT2D eigenvalue weighted by Gasteiger charge is -2.19. The fourth-order valence-electron chi connectivity index (χ4n) is 2.53. The maximum atomic E-state index is 12.8. The molecule has 0 spiro atoms. The smallest absolute Gasteiger partial charge is 0.244 e. The third kappa shape index (κ3) is 2.96. The molecule has 7 heteroatoms. The zero-order valence-corrected chi connectivity index (χ0v) is 14.0. The van der Waals surface area contributed by atoms with Crippen LogP contribution in [0.15, 0.2) is 28.5 Å². The fourth-order valence-corrected chi connectivity index (χ4v) is 5.40. The van der Waals surface area contributed by atoms with Crippen LogP contribution in [-0.4, -0.2) is 39.5 Å². The average molecular weight is 346 g/mol. The minimum absolute atomic E-state index is 0.276. The number of rotatable bonds is 4. The van der Waals surface area contributed by atoms with Crippen molar-refractivity contribution in [3.8, 4) is 0 Å². The van der Waals surface area contributed by atoms with Crippen molar-refractivity contribution in [2.75, 3.05) is 26.8 Å². The standard InChI is InChI=1S/C14H16ClNO3S2/c1-16(7-10-4-5-19-8-10)21(17,18)14-9-20-13-3-2-11(15)6-12(13)14/h2-3,6,9-10H,4-5,7-8H2,1H3/t10-/m1/s1. The van der Waals surface area contributed by atoms with Crippen LogP contribution in [0.2, 0.25) is 5.02 Å². The molecule has 0 unspecified atom stereocenters. The number of fused-ring (bicyclic) bond motifs is 1. The van der Waals surface area contributed by atoms with E-state index in [-0.39, 0.29) is 5.92 Å². The highest BCUT2D eigenvalue weighted by molar-refractivity contribution is 7.89. The quantitative estimate of drug-likeness (QED) is 0.854. The lowest BCUT2D eigenvalue weighted by Crippen LogP contribution is -2.32. The third-order valence-electron chi connectivity index (χ3n) is 3.73. The highest BCUT2D eigenvalue weighted by Crippen LogP contribution is 2.33. The van der Waals surface area contributed by atoms with Crippen molar-refractivity contribution in [2.24, 2.45) is 5.92 Å². The summed E-state index contributed by atoms with van der Waals surface area (Å²) in [7, 11) is -1.87. The molecule has 1 aliphatic heterocycles. The van der Waals surface area contributed by atoms with Gasteiger partial charge in [-0.1, -0.05) is 11.6 Å². The van der Waals surface area contributed by atoms with Gasteiger partial charge in [0.15, 0.2) is 0 Å². The Hall–Kier alpha value is -0.660. The Bertz CT molecular complexity index is 751. The summed E-state index contributed by atoms with van der Waals surface area (Å²) in [6.45, 7) is 1.84. The first kappa shape index (κ1) is 15.2. The number of nitrogens with zero attached hydrogens (tertiary/aromatic N) is 1. The number of thiophene rings is 1. The van der Waals surface area contributed by atoms with Crippen LogP contribution in [0.5, 0.6) is 0 Å². The second-order valence-corrected chi connectivity index (χ2v) is 8.62. The largest absolute Gasteiger partial charge is 0.381 e. The molecule has 1 fully saturated rings. The molecule has 1 aromatic heterocycles. The minimum Gasteiger partial charge on any atom is -0.381 e. The molecule has 0 bridgehead atoms. The van der Waals surface area contributed by atoms with Gasteiger partial charge in [0.2, 0.25) is 10.0 Å². The second-order valence-electron chi connectivity index (χ2n) is 5.26. The Kier molecular flexibility index (Phi) is 4.25. The normalized spacial score (nSPS) is 19.7. The summed E-state index contributed by atoms with van der Waals surface area (Å²) in [5.41, 5.74) is 0. The molecule has 114 valence electrons. The molecule has 1 aliphatic rings. The first-order valence-electron chi connectivity index (χ1n) is 6.69. The van der Waals surface area contributed by atoms with Gasteiger partial charge in [0, 0.05) is 40.7 Å². The van der Waals surface area contributed by atoms with Crippen LogP contribution in [0, 0.1) is 5.92 Å². The van der Waals surface area contributed by atoms with Gasteiger partial charge in [0.1, 0.15) is 4.90 Å². The van der Waals surface area contributed by atoms with E-state index >= 15 is 0 Å². The molecule has 1 saturated heterocycles. The molecule has 2 heterocycles. The van der Waals surface area contributed by atoms with Crippen LogP contribution in [0.25, 0.3) is 10.1 Å². The Labute approximate surface area is 133 Å². The molecule has 1 atom stereocenters. The van der Waals surface area contributed by atoms with E-state index in [4.69, 9.17) is 16.3 Å². The monoisotopic (exact) mass is 345 g/mol. The molecule has 0 aliphatic carbocycles. The van der Waals surface area contributed by atoms with E-state index in [1.807, 2.05) is 6.07 Å². The molecule has 0 saturated carbocycles. The van der Waals surface area contributed by atoms with Crippen LogP contribution in [-0.2, 0) is 14.8 Å². The average Bonchev–Trinajstić information content (AvgIpc) is 3.07. The van der Waals surface area contributed by atoms with Crippen LogP contribution >= 0.6 is 22.9 Å². The molecule has 0 amide bonds. The second kappa shape index (κ2) is 5.85. The molecular formula is C14H16ClNO3S2. The number of benzene rings is 1. The van der Waals surface area contributed by atoms with Crippen molar-refractivity contribution in [3.63, 3.8) is 0 Å². The number of ether oxygens (including phenoxy) is 1. The van der Waals surface area contributed by atoms with Gasteiger partial charge in [-0.25, -0.2) is 12.7 Å². The Morgan fingerprint density at radius 3 is 3.00 bits per heavy atom. The maximum absolute atomic E-state index is 12.8. The topological polar surface area (TPSA) is 46.6 Å².